The second-order valence-corrected chi connectivity index (χ2v) is 2.44. The zero-order chi connectivity index (χ0) is 7.98. The fraction of sp³-hybridized carbons (Fsp3) is 1.00. The van der Waals surface area contributed by atoms with Crippen molar-refractivity contribution < 1.29 is 0 Å². The molecule has 0 aromatic carbocycles. The molecule has 1 aliphatic heterocycles. The number of hydrogen-bond acceptors (Lipinski definition) is 2. The first-order valence-corrected chi connectivity index (χ1v) is 4.31. The molecule has 2 nitrogen and oxygen atoms in total. The highest BCUT2D eigenvalue weighted by Gasteiger charge is 2.16. The molecule has 0 aromatic heterocycles. The van der Waals surface area contributed by atoms with Crippen molar-refractivity contribution in [2.24, 2.45) is 5.73 Å². The first kappa shape index (κ1) is 9.92. The monoisotopic (exact) mass is 144 g/mol. The predicted octanol–water partition coefficient (Wildman–Crippen LogP) is 1.07. The quantitative estimate of drug-likeness (QED) is 0.596. The van der Waals surface area contributed by atoms with Crippen LogP contribution in [-0.4, -0.2) is 30.6 Å². The van der Waals surface area contributed by atoms with E-state index in [4.69, 9.17) is 5.73 Å². The smallest absolute Gasteiger partial charge is 0.0180 e. The minimum absolute atomic E-state index is 0.454. The minimum atomic E-state index is 0.454. The number of likely N-dealkylation sites (tertiary alicyclic amines) is 1. The molecule has 1 rings (SSSR count). The first-order chi connectivity index (χ1) is 4.83. The molecule has 0 amide bonds. The lowest BCUT2D eigenvalue weighted by atomic mass is 10.3. The molecule has 2 N–H and O–H groups in total. The molecule has 1 saturated heterocycles. The second-order valence-electron chi connectivity index (χ2n) is 2.44. The maximum Gasteiger partial charge on any atom is 0.0180 e. The van der Waals surface area contributed by atoms with Crippen molar-refractivity contribution in [3.8, 4) is 0 Å². The van der Waals surface area contributed by atoms with Crippen LogP contribution in [0.2, 0.25) is 0 Å². The molecular weight excluding hydrogens is 124 g/mol. The molecular formula is C8H20N2. The second kappa shape index (κ2) is 5.69. The van der Waals surface area contributed by atoms with Gasteiger partial charge in [-0.1, -0.05) is 20.8 Å². The summed E-state index contributed by atoms with van der Waals surface area (Å²) in [4.78, 5) is 2.38. The minimum Gasteiger partial charge on any atom is -0.326 e. The summed E-state index contributed by atoms with van der Waals surface area (Å²) in [6.07, 6.45) is 1.19. The van der Waals surface area contributed by atoms with E-state index in [1.165, 1.54) is 13.0 Å². The zero-order valence-electron chi connectivity index (χ0n) is 7.43. The summed E-state index contributed by atoms with van der Waals surface area (Å²) >= 11 is 0. The number of rotatable bonds is 1. The van der Waals surface area contributed by atoms with E-state index in [-0.39, 0.29) is 0 Å². The molecule has 1 aliphatic rings. The Morgan fingerprint density at radius 1 is 1.50 bits per heavy atom. The number of likely N-dealkylation sites (N-methyl/N-ethyl adjacent to an activating group) is 1. The Balaban J connectivity index is 0.000000371. The lowest BCUT2D eigenvalue weighted by Crippen LogP contribution is -2.26. The van der Waals surface area contributed by atoms with Crippen LogP contribution in [0.3, 0.4) is 0 Å². The van der Waals surface area contributed by atoms with Crippen LogP contribution in [0.4, 0.5) is 0 Å². The topological polar surface area (TPSA) is 29.3 Å². The van der Waals surface area contributed by atoms with Crippen LogP contribution < -0.4 is 5.73 Å². The summed E-state index contributed by atoms with van der Waals surface area (Å²) in [5, 5.41) is 0. The van der Waals surface area contributed by atoms with E-state index < -0.39 is 0 Å². The van der Waals surface area contributed by atoms with E-state index in [2.05, 4.69) is 11.8 Å². The van der Waals surface area contributed by atoms with Crippen molar-refractivity contribution in [1.82, 2.24) is 4.90 Å². The van der Waals surface area contributed by atoms with Gasteiger partial charge in [-0.2, -0.15) is 0 Å². The lowest BCUT2D eigenvalue weighted by molar-refractivity contribution is 0.354. The third-order valence-corrected chi connectivity index (χ3v) is 1.76. The van der Waals surface area contributed by atoms with E-state index in [9.17, 15) is 0 Å². The molecule has 0 aromatic rings. The third-order valence-electron chi connectivity index (χ3n) is 1.76. The molecule has 0 aliphatic carbocycles. The Labute approximate surface area is 64.4 Å². The van der Waals surface area contributed by atoms with Gasteiger partial charge in [0.25, 0.3) is 0 Å². The highest BCUT2D eigenvalue weighted by atomic mass is 15.2. The van der Waals surface area contributed by atoms with Gasteiger partial charge in [-0.25, -0.2) is 0 Å². The molecule has 0 bridgehead atoms. The largest absolute Gasteiger partial charge is 0.326 e. The van der Waals surface area contributed by atoms with Crippen LogP contribution in [0, 0.1) is 0 Å². The maximum absolute atomic E-state index is 5.66. The Hall–Kier alpha value is -0.0800. The Morgan fingerprint density at radius 3 is 2.30 bits per heavy atom. The molecule has 1 atom stereocenters. The molecule has 1 heterocycles. The zero-order valence-corrected chi connectivity index (χ0v) is 7.43. The van der Waals surface area contributed by atoms with E-state index in [1.807, 2.05) is 13.8 Å². The van der Waals surface area contributed by atoms with Crippen molar-refractivity contribution in [3.05, 3.63) is 0 Å². The predicted molar refractivity (Wildman–Crippen MR) is 46.1 cm³/mol. The van der Waals surface area contributed by atoms with Gasteiger partial charge in [-0.15, -0.1) is 0 Å². The molecule has 1 fully saturated rings. The van der Waals surface area contributed by atoms with Gasteiger partial charge in [0.2, 0.25) is 0 Å². The normalized spacial score (nSPS) is 25.8. The van der Waals surface area contributed by atoms with Crippen LogP contribution in [0.1, 0.15) is 27.2 Å². The molecule has 10 heavy (non-hydrogen) atoms. The summed E-state index contributed by atoms with van der Waals surface area (Å²) in [5.41, 5.74) is 5.66. The van der Waals surface area contributed by atoms with Crippen LogP contribution >= 0.6 is 0 Å². The molecule has 1 unspecified atom stereocenters. The van der Waals surface area contributed by atoms with Crippen LogP contribution in [-0.2, 0) is 0 Å². The van der Waals surface area contributed by atoms with Gasteiger partial charge < -0.3 is 10.6 Å². The fourth-order valence-electron chi connectivity index (χ4n) is 1.15. The number of nitrogens with zero attached hydrogens (tertiary/aromatic N) is 1. The molecule has 0 spiro atoms. The van der Waals surface area contributed by atoms with E-state index in [1.54, 1.807) is 0 Å². The van der Waals surface area contributed by atoms with E-state index in [0.717, 1.165) is 13.1 Å². The fourth-order valence-corrected chi connectivity index (χ4v) is 1.15. The summed E-state index contributed by atoms with van der Waals surface area (Å²) in [6, 6.07) is 0.454. The lowest BCUT2D eigenvalue weighted by Gasteiger charge is -2.09. The van der Waals surface area contributed by atoms with Crippen molar-refractivity contribution in [2.45, 2.75) is 33.2 Å². The third kappa shape index (κ3) is 3.18. The van der Waals surface area contributed by atoms with Crippen LogP contribution in [0.15, 0.2) is 0 Å². The molecule has 2 heteroatoms. The van der Waals surface area contributed by atoms with Gasteiger partial charge >= 0.3 is 0 Å². The van der Waals surface area contributed by atoms with Gasteiger partial charge in [-0.3, -0.25) is 0 Å². The van der Waals surface area contributed by atoms with Crippen molar-refractivity contribution in [3.63, 3.8) is 0 Å². The number of hydrogen-bond donors (Lipinski definition) is 1. The van der Waals surface area contributed by atoms with Gasteiger partial charge in [0.15, 0.2) is 0 Å². The average molecular weight is 144 g/mol. The SMILES string of the molecule is CC.CCN1CCC(N)C1. The number of nitrogens with two attached hydrogens (primary N) is 1. The van der Waals surface area contributed by atoms with Crippen molar-refractivity contribution in [1.29, 1.82) is 0 Å². The van der Waals surface area contributed by atoms with Gasteiger partial charge in [0.05, 0.1) is 0 Å². The Bertz CT molecular complexity index is 73.7. The van der Waals surface area contributed by atoms with Gasteiger partial charge in [-0.05, 0) is 19.5 Å². The van der Waals surface area contributed by atoms with Crippen molar-refractivity contribution in [2.75, 3.05) is 19.6 Å². The first-order valence-electron chi connectivity index (χ1n) is 4.31. The van der Waals surface area contributed by atoms with Crippen molar-refractivity contribution >= 4 is 0 Å². The highest BCUT2D eigenvalue weighted by Crippen LogP contribution is 2.04. The summed E-state index contributed by atoms with van der Waals surface area (Å²) in [6.45, 7) is 9.65. The maximum atomic E-state index is 5.66. The summed E-state index contributed by atoms with van der Waals surface area (Å²) < 4.78 is 0. The van der Waals surface area contributed by atoms with Crippen LogP contribution in [0.5, 0.6) is 0 Å². The standard InChI is InChI=1S/C6H14N2.C2H6/c1-2-8-4-3-6(7)5-8;1-2/h6H,2-5,7H2,1H3;1-2H3. The van der Waals surface area contributed by atoms with Gasteiger partial charge in [0.1, 0.15) is 0 Å². The summed E-state index contributed by atoms with van der Waals surface area (Å²) in [5.74, 6) is 0. The van der Waals surface area contributed by atoms with E-state index >= 15 is 0 Å². The van der Waals surface area contributed by atoms with Gasteiger partial charge in [0, 0.05) is 12.6 Å². The molecule has 0 saturated carbocycles. The average Bonchev–Trinajstić information content (AvgIpc) is 2.40. The molecule has 62 valence electrons. The Morgan fingerprint density at radius 2 is 2.10 bits per heavy atom. The Kier molecular flexibility index (Phi) is 5.64. The van der Waals surface area contributed by atoms with Crippen LogP contribution in [0.25, 0.3) is 0 Å². The van der Waals surface area contributed by atoms with E-state index in [0.29, 0.717) is 6.04 Å². The highest BCUT2D eigenvalue weighted by molar-refractivity contribution is 4.76. The molecule has 0 radical (unpaired) electrons. The summed E-state index contributed by atoms with van der Waals surface area (Å²) in [7, 11) is 0.